The third-order valence-electron chi connectivity index (χ3n) is 4.06. The number of nitrogens with two attached hydrogens (primary N) is 1. The van der Waals surface area contributed by atoms with E-state index >= 15 is 0 Å². The molecule has 1 aliphatic carbocycles. The van der Waals surface area contributed by atoms with Crippen molar-refractivity contribution in [1.29, 1.82) is 0 Å². The van der Waals surface area contributed by atoms with Crippen LogP contribution in [0.5, 0.6) is 0 Å². The molecule has 1 heterocycles. The lowest BCUT2D eigenvalue weighted by molar-refractivity contribution is 0.374. The second-order valence-corrected chi connectivity index (χ2v) is 7.89. The highest BCUT2D eigenvalue weighted by Crippen LogP contribution is 2.30. The van der Waals surface area contributed by atoms with Gasteiger partial charge in [0.2, 0.25) is 0 Å². The molecule has 2 N–H and O–H groups in total. The summed E-state index contributed by atoms with van der Waals surface area (Å²) in [7, 11) is 0. The van der Waals surface area contributed by atoms with Crippen LogP contribution in [0.25, 0.3) is 0 Å². The molecule has 3 heteroatoms. The first-order chi connectivity index (χ1) is 9.22. The van der Waals surface area contributed by atoms with Crippen LogP contribution in [0.1, 0.15) is 22.4 Å². The second kappa shape index (κ2) is 5.78. The second-order valence-electron chi connectivity index (χ2n) is 5.35. The van der Waals surface area contributed by atoms with Crippen molar-refractivity contribution in [3.05, 3.63) is 56.2 Å². The molecule has 0 saturated carbocycles. The third kappa shape index (κ3) is 3.10. The fourth-order valence-corrected chi connectivity index (χ4v) is 4.51. The summed E-state index contributed by atoms with van der Waals surface area (Å²) in [5.41, 5.74) is 9.46. The highest BCUT2D eigenvalue weighted by Gasteiger charge is 2.24. The van der Waals surface area contributed by atoms with E-state index in [-0.39, 0.29) is 6.04 Å². The molecule has 0 amide bonds. The zero-order valence-corrected chi connectivity index (χ0v) is 13.2. The summed E-state index contributed by atoms with van der Waals surface area (Å²) in [5.74, 6) is 0.621. The molecule has 0 radical (unpaired) electrons. The number of thiophene rings is 1. The van der Waals surface area contributed by atoms with E-state index in [1.807, 2.05) is 0 Å². The van der Waals surface area contributed by atoms with Gasteiger partial charge in [-0.25, -0.2) is 0 Å². The first-order valence-corrected chi connectivity index (χ1v) is 8.40. The molecule has 19 heavy (non-hydrogen) atoms. The molecule has 2 unspecified atom stereocenters. The Morgan fingerprint density at radius 3 is 2.74 bits per heavy atom. The summed E-state index contributed by atoms with van der Waals surface area (Å²) in [6.45, 7) is 0. The number of aryl methyl sites for hydroxylation is 1. The van der Waals surface area contributed by atoms with Crippen molar-refractivity contribution in [1.82, 2.24) is 0 Å². The van der Waals surface area contributed by atoms with Crippen molar-refractivity contribution >= 4 is 27.3 Å². The van der Waals surface area contributed by atoms with E-state index in [1.54, 1.807) is 11.3 Å². The molecule has 1 aromatic heterocycles. The maximum Gasteiger partial charge on any atom is 0.0701 e. The minimum atomic E-state index is 0.277. The summed E-state index contributed by atoms with van der Waals surface area (Å²) in [4.78, 5) is 1.39. The first-order valence-electron chi connectivity index (χ1n) is 6.79. The Morgan fingerprint density at radius 2 is 2.00 bits per heavy atom. The topological polar surface area (TPSA) is 26.0 Å². The van der Waals surface area contributed by atoms with Gasteiger partial charge in [0, 0.05) is 10.9 Å². The van der Waals surface area contributed by atoms with Gasteiger partial charge in [-0.15, -0.1) is 11.3 Å². The number of hydrogen-bond donors (Lipinski definition) is 1. The average Bonchev–Trinajstić information content (AvgIpc) is 2.83. The van der Waals surface area contributed by atoms with E-state index in [0.29, 0.717) is 5.92 Å². The summed E-state index contributed by atoms with van der Waals surface area (Å²) in [6, 6.07) is 13.4. The van der Waals surface area contributed by atoms with Crippen molar-refractivity contribution in [2.24, 2.45) is 11.7 Å². The lowest BCUT2D eigenvalue weighted by Crippen LogP contribution is -2.35. The fraction of sp³-hybridized carbons (Fsp3) is 0.375. The average molecular weight is 336 g/mol. The van der Waals surface area contributed by atoms with Crippen LogP contribution in [0.2, 0.25) is 0 Å². The van der Waals surface area contributed by atoms with Crippen LogP contribution >= 0.6 is 27.3 Å². The maximum absolute atomic E-state index is 6.44. The predicted molar refractivity (Wildman–Crippen MR) is 85.7 cm³/mol. The molecule has 2 atom stereocenters. The predicted octanol–water partition coefficient (Wildman–Crippen LogP) is 4.19. The zero-order chi connectivity index (χ0) is 13.2. The van der Waals surface area contributed by atoms with Crippen molar-refractivity contribution < 1.29 is 0 Å². The van der Waals surface area contributed by atoms with E-state index in [4.69, 9.17) is 5.73 Å². The van der Waals surface area contributed by atoms with Gasteiger partial charge in [0.1, 0.15) is 0 Å². The van der Waals surface area contributed by atoms with Crippen molar-refractivity contribution in [2.45, 2.75) is 31.7 Å². The molecule has 2 aromatic rings. The number of fused-ring (bicyclic) bond motifs is 1. The molecule has 100 valence electrons. The van der Waals surface area contributed by atoms with Gasteiger partial charge in [-0.1, -0.05) is 24.3 Å². The molecule has 0 spiro atoms. The molecular weight excluding hydrogens is 318 g/mol. The van der Waals surface area contributed by atoms with Crippen LogP contribution in [0.3, 0.4) is 0 Å². The standard InChI is InChI=1S/C16H18BrNS/c17-16-8-7-14(19-16)10-15(18)13-6-5-11-3-1-2-4-12(11)9-13/h1-4,7-8,13,15H,5-6,9-10,18H2. The smallest absolute Gasteiger partial charge is 0.0701 e. The SMILES string of the molecule is NC(Cc1ccc(Br)s1)C1CCc2ccccc2C1. The highest BCUT2D eigenvalue weighted by atomic mass is 79.9. The Balaban J connectivity index is 1.67. The quantitative estimate of drug-likeness (QED) is 0.894. The van der Waals surface area contributed by atoms with Gasteiger partial charge in [0.05, 0.1) is 3.79 Å². The minimum absolute atomic E-state index is 0.277. The van der Waals surface area contributed by atoms with Crippen molar-refractivity contribution in [3.63, 3.8) is 0 Å². The largest absolute Gasteiger partial charge is 0.327 e. The molecule has 0 saturated heterocycles. The van der Waals surface area contributed by atoms with Crippen LogP contribution in [-0.2, 0) is 19.3 Å². The van der Waals surface area contributed by atoms with E-state index in [0.717, 1.165) is 12.8 Å². The summed E-state index contributed by atoms with van der Waals surface area (Å²) in [6.07, 6.45) is 4.56. The van der Waals surface area contributed by atoms with Gasteiger partial charge in [-0.05, 0) is 70.8 Å². The fourth-order valence-electron chi connectivity index (χ4n) is 2.95. The Morgan fingerprint density at radius 1 is 1.21 bits per heavy atom. The molecule has 0 fully saturated rings. The lowest BCUT2D eigenvalue weighted by atomic mass is 9.79. The van der Waals surface area contributed by atoms with Gasteiger partial charge in [0.25, 0.3) is 0 Å². The Hall–Kier alpha value is -0.640. The number of halogens is 1. The zero-order valence-electron chi connectivity index (χ0n) is 10.8. The molecular formula is C16H18BrNS. The molecule has 1 nitrogen and oxygen atoms in total. The number of benzene rings is 1. The van der Waals surface area contributed by atoms with Crippen LogP contribution in [0, 0.1) is 5.92 Å². The van der Waals surface area contributed by atoms with E-state index < -0.39 is 0 Å². The number of rotatable bonds is 3. The Labute approximate surface area is 127 Å². The van der Waals surface area contributed by atoms with E-state index in [9.17, 15) is 0 Å². The van der Waals surface area contributed by atoms with Gasteiger partial charge in [-0.2, -0.15) is 0 Å². The Kier molecular flexibility index (Phi) is 4.06. The molecule has 1 aromatic carbocycles. The summed E-state index contributed by atoms with van der Waals surface area (Å²) >= 11 is 5.32. The maximum atomic E-state index is 6.44. The molecule has 3 rings (SSSR count). The monoisotopic (exact) mass is 335 g/mol. The van der Waals surface area contributed by atoms with E-state index in [2.05, 4.69) is 52.3 Å². The molecule has 0 bridgehead atoms. The van der Waals surface area contributed by atoms with Crippen LogP contribution in [0.15, 0.2) is 40.2 Å². The lowest BCUT2D eigenvalue weighted by Gasteiger charge is -2.29. The molecule has 0 aliphatic heterocycles. The van der Waals surface area contributed by atoms with Gasteiger partial charge < -0.3 is 5.73 Å². The van der Waals surface area contributed by atoms with Crippen LogP contribution in [-0.4, -0.2) is 6.04 Å². The minimum Gasteiger partial charge on any atom is -0.327 e. The van der Waals surface area contributed by atoms with Gasteiger partial charge >= 0.3 is 0 Å². The van der Waals surface area contributed by atoms with Crippen molar-refractivity contribution in [2.75, 3.05) is 0 Å². The first kappa shape index (κ1) is 13.3. The van der Waals surface area contributed by atoms with Gasteiger partial charge in [0.15, 0.2) is 0 Å². The Bertz CT molecular complexity index is 563. The van der Waals surface area contributed by atoms with Crippen molar-refractivity contribution in [3.8, 4) is 0 Å². The van der Waals surface area contributed by atoms with E-state index in [1.165, 1.54) is 32.6 Å². The summed E-state index contributed by atoms with van der Waals surface area (Å²) < 4.78 is 1.20. The number of hydrogen-bond acceptors (Lipinski definition) is 2. The third-order valence-corrected chi connectivity index (χ3v) is 5.70. The molecule has 1 aliphatic rings. The highest BCUT2D eigenvalue weighted by molar-refractivity contribution is 9.11. The van der Waals surface area contributed by atoms with Crippen LogP contribution < -0.4 is 5.73 Å². The normalized spacial score (nSPS) is 20.0. The van der Waals surface area contributed by atoms with Crippen LogP contribution in [0.4, 0.5) is 0 Å². The van der Waals surface area contributed by atoms with Gasteiger partial charge in [-0.3, -0.25) is 0 Å². The summed E-state index contributed by atoms with van der Waals surface area (Å²) in [5, 5.41) is 0.